The number of aromatic nitrogens is 1. The van der Waals surface area contributed by atoms with Crippen LogP contribution >= 0.6 is 33.9 Å². The van der Waals surface area contributed by atoms with E-state index >= 15 is 0 Å². The highest BCUT2D eigenvalue weighted by molar-refractivity contribution is 14.1. The summed E-state index contributed by atoms with van der Waals surface area (Å²) in [5.74, 6) is -0.188. The minimum atomic E-state index is -0.188. The summed E-state index contributed by atoms with van der Waals surface area (Å²) in [5, 5.41) is 3.07. The Bertz CT molecular complexity index is 608. The van der Waals surface area contributed by atoms with Gasteiger partial charge in [-0.05, 0) is 40.3 Å². The highest BCUT2D eigenvalue weighted by atomic mass is 127. The minimum Gasteiger partial charge on any atom is -0.302 e. The van der Waals surface area contributed by atoms with Gasteiger partial charge in [-0.1, -0.05) is 12.1 Å². The van der Waals surface area contributed by atoms with Gasteiger partial charge in [0.1, 0.15) is 5.69 Å². The predicted molar refractivity (Wildman–Crippen MR) is 83.8 cm³/mol. The normalized spacial score (nSPS) is 10.2. The van der Waals surface area contributed by atoms with E-state index in [1.165, 1.54) is 21.8 Å². The number of aldehydes is 1. The molecule has 0 aliphatic carbocycles. The van der Waals surface area contributed by atoms with Crippen molar-refractivity contribution in [3.05, 3.63) is 44.0 Å². The summed E-state index contributed by atoms with van der Waals surface area (Å²) < 4.78 is 1.17. The molecule has 0 unspecified atom stereocenters. The first-order valence-corrected chi connectivity index (χ1v) is 7.45. The van der Waals surface area contributed by atoms with Gasteiger partial charge in [0, 0.05) is 21.8 Å². The zero-order valence-corrected chi connectivity index (χ0v) is 13.1. The van der Waals surface area contributed by atoms with Crippen molar-refractivity contribution in [3.63, 3.8) is 0 Å². The lowest BCUT2D eigenvalue weighted by atomic mass is 10.1. The highest BCUT2D eigenvalue weighted by Gasteiger charge is 2.12. The van der Waals surface area contributed by atoms with E-state index in [0.29, 0.717) is 17.2 Å². The maximum Gasteiger partial charge on any atom is 0.223 e. The molecule has 0 saturated carbocycles. The average molecular weight is 386 g/mol. The molecule has 1 aromatic carbocycles. The van der Waals surface area contributed by atoms with E-state index in [9.17, 15) is 9.59 Å². The number of nitrogens with one attached hydrogen (secondary N) is 1. The van der Waals surface area contributed by atoms with Gasteiger partial charge in [0.15, 0.2) is 11.4 Å². The van der Waals surface area contributed by atoms with Crippen molar-refractivity contribution >= 4 is 51.3 Å². The second kappa shape index (κ2) is 6.25. The highest BCUT2D eigenvalue weighted by Crippen LogP contribution is 2.25. The molecule has 2 aromatic rings. The first-order chi connectivity index (χ1) is 9.08. The van der Waals surface area contributed by atoms with Crippen LogP contribution in [0.15, 0.2) is 24.3 Å². The number of thiazole rings is 1. The van der Waals surface area contributed by atoms with Crippen LogP contribution in [0.25, 0.3) is 0 Å². The first-order valence-electron chi connectivity index (χ1n) is 5.55. The molecule has 0 atom stereocenters. The Hall–Kier alpha value is -1.28. The number of hydrogen-bond donors (Lipinski definition) is 1. The van der Waals surface area contributed by atoms with E-state index in [1.54, 1.807) is 0 Å². The number of hydrogen-bond acceptors (Lipinski definition) is 4. The molecule has 0 aliphatic heterocycles. The zero-order valence-electron chi connectivity index (χ0n) is 10.1. The van der Waals surface area contributed by atoms with E-state index in [1.807, 2.05) is 24.3 Å². The molecule has 0 fully saturated rings. The Labute approximate surface area is 128 Å². The van der Waals surface area contributed by atoms with Crippen LogP contribution in [0.3, 0.4) is 0 Å². The Morgan fingerprint density at radius 3 is 2.68 bits per heavy atom. The fourth-order valence-electron chi connectivity index (χ4n) is 1.57. The zero-order chi connectivity index (χ0) is 13.8. The Balaban J connectivity index is 2.23. The quantitative estimate of drug-likeness (QED) is 0.649. The smallest absolute Gasteiger partial charge is 0.223 e. The van der Waals surface area contributed by atoms with Crippen LogP contribution in [0.4, 0.5) is 5.13 Å². The topological polar surface area (TPSA) is 59.1 Å². The fraction of sp³-hybridized carbons (Fsp3) is 0.154. The van der Waals surface area contributed by atoms with E-state index in [-0.39, 0.29) is 5.91 Å². The van der Waals surface area contributed by atoms with Crippen LogP contribution in [-0.2, 0) is 11.2 Å². The summed E-state index contributed by atoms with van der Waals surface area (Å²) in [7, 11) is 0. The molecular formula is C13H11IN2O2S. The number of halogens is 1. The van der Waals surface area contributed by atoms with Crippen molar-refractivity contribution in [1.29, 1.82) is 0 Å². The number of nitrogens with zero attached hydrogens (tertiary/aromatic N) is 1. The van der Waals surface area contributed by atoms with Crippen LogP contribution in [-0.4, -0.2) is 17.2 Å². The van der Waals surface area contributed by atoms with Gasteiger partial charge in [0.05, 0.1) is 0 Å². The maximum absolute atomic E-state index is 11.0. The molecule has 1 amide bonds. The van der Waals surface area contributed by atoms with Crippen LogP contribution in [0, 0.1) is 3.57 Å². The first kappa shape index (κ1) is 14.1. The minimum absolute atomic E-state index is 0.188. The summed E-state index contributed by atoms with van der Waals surface area (Å²) in [6.45, 7) is 1.42. The third-order valence-corrected chi connectivity index (χ3v) is 4.11. The number of anilines is 1. The number of amides is 1. The van der Waals surface area contributed by atoms with Gasteiger partial charge in [0.2, 0.25) is 5.91 Å². The van der Waals surface area contributed by atoms with E-state index in [2.05, 4.69) is 32.9 Å². The average Bonchev–Trinajstić information content (AvgIpc) is 2.73. The summed E-state index contributed by atoms with van der Waals surface area (Å²) in [6, 6.07) is 8.08. The molecule has 98 valence electrons. The van der Waals surface area contributed by atoms with Crippen molar-refractivity contribution in [1.82, 2.24) is 4.98 Å². The monoisotopic (exact) mass is 386 g/mol. The van der Waals surface area contributed by atoms with Gasteiger partial charge >= 0.3 is 0 Å². The molecule has 1 heterocycles. The number of benzene rings is 1. The van der Waals surface area contributed by atoms with Crippen molar-refractivity contribution in [2.45, 2.75) is 13.3 Å². The molecule has 4 nitrogen and oxygen atoms in total. The second-order valence-electron chi connectivity index (χ2n) is 3.93. The molecule has 6 heteroatoms. The summed E-state index contributed by atoms with van der Waals surface area (Å²) in [5.41, 5.74) is 1.51. The molecule has 0 aliphatic rings. The predicted octanol–water partition coefficient (Wildman–Crippen LogP) is 3.11. The molecule has 1 N–H and O–H groups in total. The van der Waals surface area contributed by atoms with Crippen LogP contribution < -0.4 is 5.32 Å². The molecule has 2 rings (SSSR count). The molecule has 0 spiro atoms. The van der Waals surface area contributed by atoms with Crippen molar-refractivity contribution < 1.29 is 9.59 Å². The van der Waals surface area contributed by atoms with Crippen LogP contribution in [0.1, 0.15) is 27.9 Å². The molecule has 19 heavy (non-hydrogen) atoms. The van der Waals surface area contributed by atoms with Crippen molar-refractivity contribution in [2.75, 3.05) is 5.32 Å². The van der Waals surface area contributed by atoms with E-state index in [4.69, 9.17) is 0 Å². The summed E-state index contributed by atoms with van der Waals surface area (Å²) in [4.78, 5) is 26.9. The van der Waals surface area contributed by atoms with Gasteiger partial charge < -0.3 is 5.32 Å². The van der Waals surface area contributed by atoms with Crippen LogP contribution in [0.2, 0.25) is 0 Å². The summed E-state index contributed by atoms with van der Waals surface area (Å²) in [6.07, 6.45) is 1.37. The SMILES string of the molecule is CC(=O)Nc1nc(C=O)c(Cc2ccc(I)cc2)s1. The standard InChI is InChI=1S/C13H11IN2O2S/c1-8(18)15-13-16-11(7-17)12(19-13)6-9-2-4-10(14)5-3-9/h2-5,7H,6H2,1H3,(H,15,16,18). The maximum atomic E-state index is 11.0. The van der Waals surface area contributed by atoms with Crippen molar-refractivity contribution in [3.8, 4) is 0 Å². The third kappa shape index (κ3) is 3.84. The fourth-order valence-corrected chi connectivity index (χ4v) is 2.94. The van der Waals surface area contributed by atoms with Gasteiger partial charge in [-0.25, -0.2) is 4.98 Å². The van der Waals surface area contributed by atoms with Gasteiger partial charge in [-0.2, -0.15) is 0 Å². The largest absolute Gasteiger partial charge is 0.302 e. The Morgan fingerprint density at radius 2 is 2.11 bits per heavy atom. The van der Waals surface area contributed by atoms with E-state index < -0.39 is 0 Å². The molecule has 0 radical (unpaired) electrons. The van der Waals surface area contributed by atoms with Crippen molar-refractivity contribution in [2.24, 2.45) is 0 Å². The van der Waals surface area contributed by atoms with E-state index in [0.717, 1.165) is 16.7 Å². The number of rotatable bonds is 4. The Kier molecular flexibility index (Phi) is 4.65. The molecular weight excluding hydrogens is 375 g/mol. The van der Waals surface area contributed by atoms with Gasteiger partial charge in [-0.3, -0.25) is 9.59 Å². The van der Waals surface area contributed by atoms with Crippen LogP contribution in [0.5, 0.6) is 0 Å². The number of carbonyl (C=O) groups excluding carboxylic acids is 2. The lowest BCUT2D eigenvalue weighted by Gasteiger charge is -1.99. The Morgan fingerprint density at radius 1 is 1.42 bits per heavy atom. The molecule has 1 aromatic heterocycles. The van der Waals surface area contributed by atoms with Gasteiger partial charge in [-0.15, -0.1) is 11.3 Å². The summed E-state index contributed by atoms with van der Waals surface area (Å²) >= 11 is 3.58. The lowest BCUT2D eigenvalue weighted by molar-refractivity contribution is -0.114. The third-order valence-electron chi connectivity index (χ3n) is 2.40. The lowest BCUT2D eigenvalue weighted by Crippen LogP contribution is -2.05. The van der Waals surface area contributed by atoms with Gasteiger partial charge in [0.25, 0.3) is 0 Å². The second-order valence-corrected chi connectivity index (χ2v) is 6.26. The number of carbonyl (C=O) groups is 2. The molecule has 0 saturated heterocycles. The molecule has 0 bridgehead atoms.